The first kappa shape index (κ1) is 14.3. The molecule has 0 saturated heterocycles. The number of nitrogens with one attached hydrogen (secondary N) is 1. The Hall–Kier alpha value is -0.160. The highest BCUT2D eigenvalue weighted by atomic mass is 16.5. The molecule has 0 amide bonds. The lowest BCUT2D eigenvalue weighted by Crippen LogP contribution is -2.38. The lowest BCUT2D eigenvalue weighted by Gasteiger charge is -2.29. The summed E-state index contributed by atoms with van der Waals surface area (Å²) in [4.78, 5) is 0. The topological polar surface area (TPSA) is 61.7 Å². The Morgan fingerprint density at radius 3 is 2.33 bits per heavy atom. The lowest BCUT2D eigenvalue weighted by atomic mass is 9.86. The van der Waals surface area contributed by atoms with E-state index in [1.54, 1.807) is 7.11 Å². The minimum atomic E-state index is -0.589. The number of rotatable bonds is 6. The van der Waals surface area contributed by atoms with E-state index in [4.69, 9.17) is 4.74 Å². The fourth-order valence-corrected chi connectivity index (χ4v) is 3.62. The molecule has 0 aromatic carbocycles. The van der Waals surface area contributed by atoms with Gasteiger partial charge in [0.2, 0.25) is 0 Å². The molecular formula is C14H27NO3. The van der Waals surface area contributed by atoms with Crippen molar-refractivity contribution in [2.45, 2.75) is 50.7 Å². The van der Waals surface area contributed by atoms with E-state index < -0.39 is 12.2 Å². The Balaban J connectivity index is 1.79. The van der Waals surface area contributed by atoms with Crippen LogP contribution < -0.4 is 5.32 Å². The van der Waals surface area contributed by atoms with E-state index in [-0.39, 0.29) is 5.41 Å². The first-order valence-corrected chi connectivity index (χ1v) is 7.21. The van der Waals surface area contributed by atoms with Crippen LogP contribution in [-0.4, -0.2) is 49.2 Å². The number of hydrogen-bond acceptors (Lipinski definition) is 4. The van der Waals surface area contributed by atoms with Gasteiger partial charge in [0.25, 0.3) is 0 Å². The minimum Gasteiger partial charge on any atom is -0.390 e. The third-order valence-corrected chi connectivity index (χ3v) is 4.59. The van der Waals surface area contributed by atoms with Gasteiger partial charge in [0, 0.05) is 19.1 Å². The number of ether oxygens (including phenoxy) is 1. The lowest BCUT2D eigenvalue weighted by molar-refractivity contribution is 0.0438. The molecule has 2 aliphatic rings. The van der Waals surface area contributed by atoms with Crippen molar-refractivity contribution >= 4 is 0 Å². The van der Waals surface area contributed by atoms with Gasteiger partial charge in [0.05, 0.1) is 18.8 Å². The molecule has 0 radical (unpaired) electrons. The standard InChI is InChI=1S/C14H27NO3/c1-18-10-14(6-12(16)13(17)7-14)9-15-8-11-4-2-3-5-11/h11-13,15-17H,2-10H2,1H3. The number of aliphatic hydroxyl groups is 2. The van der Waals surface area contributed by atoms with Gasteiger partial charge in [0.15, 0.2) is 0 Å². The molecule has 18 heavy (non-hydrogen) atoms. The summed E-state index contributed by atoms with van der Waals surface area (Å²) in [6, 6.07) is 0. The van der Waals surface area contributed by atoms with Gasteiger partial charge in [0.1, 0.15) is 0 Å². The van der Waals surface area contributed by atoms with Crippen molar-refractivity contribution in [1.29, 1.82) is 0 Å². The summed E-state index contributed by atoms with van der Waals surface area (Å²) < 4.78 is 5.29. The smallest absolute Gasteiger partial charge is 0.0806 e. The second-order valence-electron chi connectivity index (χ2n) is 6.26. The van der Waals surface area contributed by atoms with Crippen molar-refractivity contribution < 1.29 is 14.9 Å². The molecule has 0 bridgehead atoms. The molecule has 0 spiro atoms. The molecule has 2 aliphatic carbocycles. The SMILES string of the molecule is COCC1(CNCC2CCCC2)CC(O)C(O)C1. The van der Waals surface area contributed by atoms with E-state index in [9.17, 15) is 10.2 Å². The zero-order chi connectivity index (χ0) is 13.0. The Labute approximate surface area is 110 Å². The first-order valence-electron chi connectivity index (χ1n) is 7.21. The summed E-state index contributed by atoms with van der Waals surface area (Å²) in [5, 5.41) is 23.0. The molecular weight excluding hydrogens is 230 g/mol. The Bertz CT molecular complexity index is 243. The maximum absolute atomic E-state index is 9.74. The second-order valence-corrected chi connectivity index (χ2v) is 6.26. The summed E-state index contributed by atoms with van der Waals surface area (Å²) >= 11 is 0. The monoisotopic (exact) mass is 257 g/mol. The van der Waals surface area contributed by atoms with Crippen LogP contribution in [0.2, 0.25) is 0 Å². The predicted molar refractivity (Wildman–Crippen MR) is 70.4 cm³/mol. The van der Waals surface area contributed by atoms with Crippen LogP contribution in [0.5, 0.6) is 0 Å². The van der Waals surface area contributed by atoms with Crippen LogP contribution in [0.4, 0.5) is 0 Å². The van der Waals surface area contributed by atoms with Gasteiger partial charge in [-0.05, 0) is 38.1 Å². The van der Waals surface area contributed by atoms with Gasteiger partial charge in [-0.1, -0.05) is 12.8 Å². The minimum absolute atomic E-state index is 0.0911. The van der Waals surface area contributed by atoms with Crippen LogP contribution in [0.1, 0.15) is 38.5 Å². The molecule has 4 nitrogen and oxygen atoms in total. The molecule has 4 heteroatoms. The van der Waals surface area contributed by atoms with Crippen LogP contribution in [-0.2, 0) is 4.74 Å². The third kappa shape index (κ3) is 3.44. The zero-order valence-corrected chi connectivity index (χ0v) is 11.4. The molecule has 0 aromatic heterocycles. The van der Waals surface area contributed by atoms with Crippen molar-refractivity contribution in [2.24, 2.45) is 11.3 Å². The summed E-state index contributed by atoms with van der Waals surface area (Å²) in [7, 11) is 1.69. The molecule has 2 fully saturated rings. The summed E-state index contributed by atoms with van der Waals surface area (Å²) in [5.74, 6) is 0.820. The van der Waals surface area contributed by atoms with Gasteiger partial charge >= 0.3 is 0 Å². The summed E-state index contributed by atoms with van der Waals surface area (Å²) in [6.45, 7) is 2.52. The molecule has 2 unspecified atom stereocenters. The Morgan fingerprint density at radius 1 is 1.17 bits per heavy atom. The van der Waals surface area contributed by atoms with Gasteiger partial charge in [-0.3, -0.25) is 0 Å². The van der Waals surface area contributed by atoms with E-state index >= 15 is 0 Å². The number of hydrogen-bond donors (Lipinski definition) is 3. The largest absolute Gasteiger partial charge is 0.390 e. The van der Waals surface area contributed by atoms with E-state index in [1.165, 1.54) is 25.7 Å². The van der Waals surface area contributed by atoms with Crippen LogP contribution in [0.3, 0.4) is 0 Å². The highest BCUT2D eigenvalue weighted by molar-refractivity contribution is 4.96. The van der Waals surface area contributed by atoms with E-state index in [2.05, 4.69) is 5.32 Å². The molecule has 0 aliphatic heterocycles. The van der Waals surface area contributed by atoms with Crippen LogP contribution in [0.25, 0.3) is 0 Å². The van der Waals surface area contributed by atoms with Crippen molar-refractivity contribution in [3.8, 4) is 0 Å². The highest BCUT2D eigenvalue weighted by Gasteiger charge is 2.43. The van der Waals surface area contributed by atoms with Gasteiger partial charge in [-0.2, -0.15) is 0 Å². The normalized spacial score (nSPS) is 37.5. The van der Waals surface area contributed by atoms with E-state index in [0.29, 0.717) is 19.4 Å². The molecule has 2 atom stereocenters. The van der Waals surface area contributed by atoms with Crippen LogP contribution in [0.15, 0.2) is 0 Å². The molecule has 3 N–H and O–H groups in total. The summed E-state index contributed by atoms with van der Waals surface area (Å²) in [5.41, 5.74) is -0.0911. The van der Waals surface area contributed by atoms with Crippen molar-refractivity contribution in [1.82, 2.24) is 5.32 Å². The number of methoxy groups -OCH3 is 1. The number of aliphatic hydroxyl groups excluding tert-OH is 2. The Morgan fingerprint density at radius 2 is 1.78 bits per heavy atom. The predicted octanol–water partition coefficient (Wildman–Crippen LogP) is 0.915. The van der Waals surface area contributed by atoms with Crippen LogP contribution >= 0.6 is 0 Å². The fourth-order valence-electron chi connectivity index (χ4n) is 3.62. The van der Waals surface area contributed by atoms with Crippen molar-refractivity contribution in [3.05, 3.63) is 0 Å². The average Bonchev–Trinajstić information content (AvgIpc) is 2.90. The molecule has 2 rings (SSSR count). The van der Waals surface area contributed by atoms with Gasteiger partial charge in [-0.15, -0.1) is 0 Å². The Kier molecular flexibility index (Phi) is 5.01. The maximum atomic E-state index is 9.74. The summed E-state index contributed by atoms with van der Waals surface area (Å²) in [6.07, 6.45) is 5.52. The van der Waals surface area contributed by atoms with Crippen molar-refractivity contribution in [2.75, 3.05) is 26.8 Å². The highest BCUT2D eigenvalue weighted by Crippen LogP contribution is 2.38. The zero-order valence-electron chi connectivity index (χ0n) is 11.4. The first-order chi connectivity index (χ1) is 8.65. The fraction of sp³-hybridized carbons (Fsp3) is 1.00. The average molecular weight is 257 g/mol. The van der Waals surface area contributed by atoms with E-state index in [1.807, 2.05) is 0 Å². The van der Waals surface area contributed by atoms with Gasteiger partial charge < -0.3 is 20.3 Å². The molecule has 106 valence electrons. The second kappa shape index (κ2) is 6.33. The maximum Gasteiger partial charge on any atom is 0.0806 e. The third-order valence-electron chi connectivity index (χ3n) is 4.59. The van der Waals surface area contributed by atoms with Crippen LogP contribution in [0, 0.1) is 11.3 Å². The molecule has 0 aromatic rings. The van der Waals surface area contributed by atoms with Crippen molar-refractivity contribution in [3.63, 3.8) is 0 Å². The molecule has 0 heterocycles. The molecule has 2 saturated carbocycles. The van der Waals surface area contributed by atoms with E-state index in [0.717, 1.165) is 19.0 Å². The quantitative estimate of drug-likeness (QED) is 0.662. The van der Waals surface area contributed by atoms with Gasteiger partial charge in [-0.25, -0.2) is 0 Å².